The number of ether oxygens (including phenoxy) is 1. The normalized spacial score (nSPS) is 19.1. The van der Waals surface area contributed by atoms with Crippen LogP contribution in [0.5, 0.6) is 5.75 Å². The van der Waals surface area contributed by atoms with Gasteiger partial charge in [-0.2, -0.15) is 4.98 Å². The van der Waals surface area contributed by atoms with E-state index in [-0.39, 0.29) is 6.54 Å². The molecule has 0 fully saturated rings. The van der Waals surface area contributed by atoms with E-state index in [2.05, 4.69) is 20.6 Å². The number of nitrogens with one attached hydrogen (secondary N) is 2. The highest BCUT2D eigenvalue weighted by Crippen LogP contribution is 2.45. The van der Waals surface area contributed by atoms with Gasteiger partial charge in [-0.3, -0.25) is 4.79 Å². The van der Waals surface area contributed by atoms with E-state index < -0.39 is 11.4 Å². The molecular weight excluding hydrogens is 442 g/mol. The first-order chi connectivity index (χ1) is 15.9. The average molecular weight is 466 g/mol. The molecule has 0 aliphatic carbocycles. The lowest BCUT2D eigenvalue weighted by atomic mass is 9.85. The van der Waals surface area contributed by atoms with Crippen molar-refractivity contribution in [2.24, 2.45) is 0 Å². The van der Waals surface area contributed by atoms with Crippen LogP contribution >= 0.6 is 11.6 Å². The molecule has 9 heteroatoms. The highest BCUT2D eigenvalue weighted by Gasteiger charge is 2.46. The minimum Gasteiger partial charge on any atom is -0.495 e. The Morgan fingerprint density at radius 3 is 2.91 bits per heavy atom. The van der Waals surface area contributed by atoms with E-state index in [1.54, 1.807) is 14.0 Å². The van der Waals surface area contributed by atoms with Crippen molar-refractivity contribution in [1.82, 2.24) is 15.3 Å². The largest absolute Gasteiger partial charge is 0.495 e. The second kappa shape index (κ2) is 8.20. The Labute approximate surface area is 196 Å². The monoisotopic (exact) mass is 465 g/mol. The molecule has 2 aromatic carbocycles. The van der Waals surface area contributed by atoms with Gasteiger partial charge in [0.1, 0.15) is 16.2 Å². The number of hydrogen-bond donors (Lipinski definition) is 3. The van der Waals surface area contributed by atoms with E-state index in [9.17, 15) is 9.90 Å². The van der Waals surface area contributed by atoms with Crippen molar-refractivity contribution in [3.63, 3.8) is 0 Å². The molecule has 3 heterocycles. The predicted molar refractivity (Wildman–Crippen MR) is 127 cm³/mol. The van der Waals surface area contributed by atoms with Gasteiger partial charge < -0.3 is 25.4 Å². The molecule has 33 heavy (non-hydrogen) atoms. The molecule has 1 unspecified atom stereocenters. The van der Waals surface area contributed by atoms with Crippen molar-refractivity contribution in [3.05, 3.63) is 64.3 Å². The molecule has 1 atom stereocenters. The van der Waals surface area contributed by atoms with Crippen LogP contribution < -0.4 is 20.3 Å². The fraction of sp³-hybridized carbons (Fsp3) is 0.292. The number of halogens is 1. The van der Waals surface area contributed by atoms with Crippen LogP contribution in [0.3, 0.4) is 0 Å². The SMILES string of the molecule is COc1cc2c(cc1Nc1ncc(Cl)c(N3CC(C)(C(=O)O)c4ccccc43)n1)CNCC2. The molecule has 1 aromatic heterocycles. The zero-order chi connectivity index (χ0) is 23.2. The number of carboxylic acids is 1. The van der Waals surface area contributed by atoms with Gasteiger partial charge in [0.2, 0.25) is 5.95 Å². The molecule has 170 valence electrons. The Bertz CT molecular complexity index is 1250. The standard InChI is InChI=1S/C24H24ClN5O3/c1-24(22(31)32)13-30(19-6-4-3-5-16(19)24)21-17(25)12-27-23(29-21)28-18-9-15-11-26-8-7-14(15)10-20(18)33-2/h3-6,9-10,12,26H,7-8,11,13H2,1-2H3,(H,31,32)(H,27,28,29). The fourth-order valence-corrected chi connectivity index (χ4v) is 4.73. The first-order valence-corrected chi connectivity index (χ1v) is 11.1. The van der Waals surface area contributed by atoms with Gasteiger partial charge in [-0.15, -0.1) is 0 Å². The van der Waals surface area contributed by atoms with E-state index in [1.165, 1.54) is 17.3 Å². The van der Waals surface area contributed by atoms with Crippen molar-refractivity contribution in [2.75, 3.05) is 30.4 Å². The van der Waals surface area contributed by atoms with E-state index in [4.69, 9.17) is 16.3 Å². The van der Waals surface area contributed by atoms with Gasteiger partial charge in [0, 0.05) is 18.8 Å². The minimum absolute atomic E-state index is 0.214. The molecule has 5 rings (SSSR count). The van der Waals surface area contributed by atoms with Gasteiger partial charge in [0.05, 0.1) is 19.0 Å². The summed E-state index contributed by atoms with van der Waals surface area (Å²) < 4.78 is 5.60. The summed E-state index contributed by atoms with van der Waals surface area (Å²) in [5.74, 6) is 0.608. The third kappa shape index (κ3) is 3.65. The summed E-state index contributed by atoms with van der Waals surface area (Å²) in [5.41, 5.74) is 3.63. The molecule has 3 aromatic rings. The van der Waals surface area contributed by atoms with E-state index >= 15 is 0 Å². The number of hydrogen-bond acceptors (Lipinski definition) is 7. The maximum absolute atomic E-state index is 12.1. The van der Waals surface area contributed by atoms with Gasteiger partial charge in [0.25, 0.3) is 0 Å². The molecule has 0 spiro atoms. The number of aromatic nitrogens is 2. The number of fused-ring (bicyclic) bond motifs is 2. The number of carbonyl (C=O) groups is 1. The summed E-state index contributed by atoms with van der Waals surface area (Å²) in [5, 5.41) is 16.9. The first kappa shape index (κ1) is 21.5. The molecule has 2 aliphatic heterocycles. The van der Waals surface area contributed by atoms with Crippen molar-refractivity contribution in [2.45, 2.75) is 25.3 Å². The second-order valence-electron chi connectivity index (χ2n) is 8.48. The first-order valence-electron chi connectivity index (χ1n) is 10.7. The van der Waals surface area contributed by atoms with E-state index in [0.717, 1.165) is 36.4 Å². The maximum atomic E-state index is 12.1. The predicted octanol–water partition coefficient (Wildman–Crippen LogP) is 4.02. The molecule has 0 saturated heterocycles. The van der Waals surface area contributed by atoms with Crippen LogP contribution in [-0.2, 0) is 23.2 Å². The maximum Gasteiger partial charge on any atom is 0.315 e. The van der Waals surface area contributed by atoms with Gasteiger partial charge in [0.15, 0.2) is 5.82 Å². The topological polar surface area (TPSA) is 99.6 Å². The van der Waals surface area contributed by atoms with Crippen LogP contribution in [0.1, 0.15) is 23.6 Å². The summed E-state index contributed by atoms with van der Waals surface area (Å²) in [4.78, 5) is 23.0. The molecular formula is C24H24ClN5O3. The van der Waals surface area contributed by atoms with Crippen LogP contribution in [0.15, 0.2) is 42.6 Å². The van der Waals surface area contributed by atoms with Crippen LogP contribution in [0, 0.1) is 0 Å². The number of benzene rings is 2. The third-order valence-corrected chi connectivity index (χ3v) is 6.64. The smallest absolute Gasteiger partial charge is 0.315 e. The van der Waals surface area contributed by atoms with Crippen molar-refractivity contribution in [3.8, 4) is 5.75 Å². The third-order valence-electron chi connectivity index (χ3n) is 6.37. The summed E-state index contributed by atoms with van der Waals surface area (Å²) in [6, 6.07) is 11.5. The van der Waals surface area contributed by atoms with Gasteiger partial charge in [-0.1, -0.05) is 29.8 Å². The second-order valence-corrected chi connectivity index (χ2v) is 8.89. The van der Waals surface area contributed by atoms with Crippen LogP contribution in [0.2, 0.25) is 5.02 Å². The number of methoxy groups -OCH3 is 1. The summed E-state index contributed by atoms with van der Waals surface area (Å²) in [6.07, 6.45) is 2.47. The van der Waals surface area contributed by atoms with Crippen molar-refractivity contribution in [1.29, 1.82) is 0 Å². The number of carboxylic acid groups (broad SMARTS) is 1. The zero-order valence-electron chi connectivity index (χ0n) is 18.4. The number of para-hydroxylation sites is 1. The van der Waals surface area contributed by atoms with Gasteiger partial charge in [-0.25, -0.2) is 4.98 Å². The zero-order valence-corrected chi connectivity index (χ0v) is 19.1. The Morgan fingerprint density at radius 1 is 1.30 bits per heavy atom. The quantitative estimate of drug-likeness (QED) is 0.519. The molecule has 0 radical (unpaired) electrons. The minimum atomic E-state index is -1.08. The van der Waals surface area contributed by atoms with Crippen LogP contribution in [0.4, 0.5) is 23.1 Å². The summed E-state index contributed by atoms with van der Waals surface area (Å²) >= 11 is 6.50. The Morgan fingerprint density at radius 2 is 2.12 bits per heavy atom. The Hall–Kier alpha value is -3.36. The Kier molecular flexibility index (Phi) is 5.34. The Balaban J connectivity index is 1.52. The van der Waals surface area contributed by atoms with E-state index in [0.29, 0.717) is 22.5 Å². The van der Waals surface area contributed by atoms with Crippen LogP contribution in [0.25, 0.3) is 0 Å². The van der Waals surface area contributed by atoms with Crippen LogP contribution in [-0.4, -0.2) is 41.2 Å². The molecule has 3 N–H and O–H groups in total. The molecule has 8 nitrogen and oxygen atoms in total. The number of rotatable bonds is 5. The van der Waals surface area contributed by atoms with Crippen molar-refractivity contribution < 1.29 is 14.6 Å². The number of aliphatic carboxylic acids is 1. The molecule has 0 amide bonds. The average Bonchev–Trinajstić information content (AvgIpc) is 3.14. The highest BCUT2D eigenvalue weighted by molar-refractivity contribution is 6.33. The van der Waals surface area contributed by atoms with Crippen molar-refractivity contribution >= 4 is 40.7 Å². The lowest BCUT2D eigenvalue weighted by Crippen LogP contribution is -2.36. The molecule has 0 saturated carbocycles. The number of anilines is 4. The lowest BCUT2D eigenvalue weighted by molar-refractivity contribution is -0.142. The number of nitrogens with zero attached hydrogens (tertiary/aromatic N) is 3. The van der Waals surface area contributed by atoms with Gasteiger partial charge >= 0.3 is 5.97 Å². The summed E-state index contributed by atoms with van der Waals surface area (Å²) in [7, 11) is 1.63. The van der Waals surface area contributed by atoms with E-state index in [1.807, 2.05) is 41.3 Å². The molecule has 2 aliphatic rings. The lowest BCUT2D eigenvalue weighted by Gasteiger charge is -2.23. The molecule has 0 bridgehead atoms. The fourth-order valence-electron chi connectivity index (χ4n) is 4.54. The summed E-state index contributed by atoms with van der Waals surface area (Å²) in [6.45, 7) is 3.67. The highest BCUT2D eigenvalue weighted by atomic mass is 35.5. The van der Waals surface area contributed by atoms with Gasteiger partial charge in [-0.05, 0) is 54.8 Å².